The average molecular weight is 405 g/mol. The molecule has 0 atom stereocenters. The van der Waals surface area contributed by atoms with Gasteiger partial charge in [-0.1, -0.05) is 75.4 Å². The number of aryl methyl sites for hydroxylation is 1. The lowest BCUT2D eigenvalue weighted by Gasteiger charge is -2.21. The minimum Gasteiger partial charge on any atom is -0.456 e. The standard InChI is InChI=1S/C29H24O2/c1-17-12-14-23-22-10-7-9-19(27(22)31-28(23)26(17)29(2,3)4)18-13-15-21-20-8-5-6-11-24(20)30-25(21)16-18/h5-16H,1-4H3. The molecule has 2 aromatic heterocycles. The van der Waals surface area contributed by atoms with Gasteiger partial charge in [0.15, 0.2) is 0 Å². The molecule has 0 saturated carbocycles. The Labute approximate surface area is 181 Å². The molecule has 0 N–H and O–H groups in total. The van der Waals surface area contributed by atoms with Gasteiger partial charge in [-0.05, 0) is 41.7 Å². The van der Waals surface area contributed by atoms with Gasteiger partial charge >= 0.3 is 0 Å². The Morgan fingerprint density at radius 3 is 2.16 bits per heavy atom. The Bertz CT molecular complexity index is 1620. The molecule has 0 aliphatic carbocycles. The second-order valence-corrected chi connectivity index (χ2v) is 9.48. The van der Waals surface area contributed by atoms with Crippen molar-refractivity contribution in [3.63, 3.8) is 0 Å². The summed E-state index contributed by atoms with van der Waals surface area (Å²) >= 11 is 0. The predicted molar refractivity (Wildman–Crippen MR) is 130 cm³/mol. The minimum atomic E-state index is 0.00478. The fraction of sp³-hybridized carbons (Fsp3) is 0.172. The van der Waals surface area contributed by atoms with E-state index in [4.69, 9.17) is 8.83 Å². The van der Waals surface area contributed by atoms with Crippen molar-refractivity contribution in [1.82, 2.24) is 0 Å². The highest BCUT2D eigenvalue weighted by Crippen LogP contribution is 2.42. The van der Waals surface area contributed by atoms with Gasteiger partial charge in [-0.2, -0.15) is 0 Å². The first-order valence-corrected chi connectivity index (χ1v) is 10.8. The molecule has 2 heteroatoms. The minimum absolute atomic E-state index is 0.00478. The predicted octanol–water partition coefficient (Wildman–Crippen LogP) is 8.76. The van der Waals surface area contributed by atoms with Gasteiger partial charge in [-0.25, -0.2) is 0 Å². The third-order valence-electron chi connectivity index (χ3n) is 6.32. The second-order valence-electron chi connectivity index (χ2n) is 9.48. The first-order chi connectivity index (χ1) is 14.9. The molecule has 0 bridgehead atoms. The van der Waals surface area contributed by atoms with Crippen molar-refractivity contribution in [2.24, 2.45) is 0 Å². The molecule has 31 heavy (non-hydrogen) atoms. The quantitative estimate of drug-likeness (QED) is 0.274. The van der Waals surface area contributed by atoms with E-state index in [9.17, 15) is 0 Å². The van der Waals surface area contributed by atoms with Crippen LogP contribution in [0.2, 0.25) is 0 Å². The van der Waals surface area contributed by atoms with Gasteiger partial charge < -0.3 is 8.83 Å². The van der Waals surface area contributed by atoms with Gasteiger partial charge in [-0.3, -0.25) is 0 Å². The molecular weight excluding hydrogens is 380 g/mol. The number of hydrogen-bond donors (Lipinski definition) is 0. The Kier molecular flexibility index (Phi) is 3.68. The maximum Gasteiger partial charge on any atom is 0.143 e. The molecule has 0 amide bonds. The van der Waals surface area contributed by atoms with Crippen LogP contribution < -0.4 is 0 Å². The number of hydrogen-bond acceptors (Lipinski definition) is 2. The van der Waals surface area contributed by atoms with Crippen molar-refractivity contribution in [3.05, 3.63) is 83.9 Å². The lowest BCUT2D eigenvalue weighted by molar-refractivity contribution is 0.569. The topological polar surface area (TPSA) is 26.3 Å². The van der Waals surface area contributed by atoms with Crippen molar-refractivity contribution in [2.45, 2.75) is 33.1 Å². The largest absolute Gasteiger partial charge is 0.456 e. The summed E-state index contributed by atoms with van der Waals surface area (Å²) in [7, 11) is 0. The lowest BCUT2D eigenvalue weighted by Crippen LogP contribution is -2.13. The normalized spacial score (nSPS) is 12.5. The maximum atomic E-state index is 6.62. The molecule has 0 spiro atoms. The van der Waals surface area contributed by atoms with Crippen LogP contribution in [0.3, 0.4) is 0 Å². The van der Waals surface area contributed by atoms with E-state index in [1.807, 2.05) is 12.1 Å². The van der Waals surface area contributed by atoms with Crippen molar-refractivity contribution in [3.8, 4) is 11.1 Å². The number of furan rings is 2. The third-order valence-corrected chi connectivity index (χ3v) is 6.32. The molecule has 4 aromatic carbocycles. The summed E-state index contributed by atoms with van der Waals surface area (Å²) in [5.41, 5.74) is 8.50. The number of benzene rings is 4. The van der Waals surface area contributed by atoms with E-state index in [1.165, 1.54) is 16.5 Å². The van der Waals surface area contributed by atoms with Crippen LogP contribution in [0.4, 0.5) is 0 Å². The van der Waals surface area contributed by atoms with E-state index < -0.39 is 0 Å². The summed E-state index contributed by atoms with van der Waals surface area (Å²) in [5.74, 6) is 0. The fourth-order valence-electron chi connectivity index (χ4n) is 5.01. The van der Waals surface area contributed by atoms with Gasteiger partial charge in [0.1, 0.15) is 22.3 Å². The van der Waals surface area contributed by atoms with Crippen molar-refractivity contribution in [1.29, 1.82) is 0 Å². The molecule has 6 rings (SSSR count). The summed E-state index contributed by atoms with van der Waals surface area (Å²) in [5, 5.41) is 4.62. The summed E-state index contributed by atoms with van der Waals surface area (Å²) in [4.78, 5) is 0. The van der Waals surface area contributed by atoms with Crippen LogP contribution in [-0.2, 0) is 5.41 Å². The molecule has 0 aliphatic heterocycles. The van der Waals surface area contributed by atoms with E-state index in [0.29, 0.717) is 0 Å². The van der Waals surface area contributed by atoms with E-state index in [-0.39, 0.29) is 5.41 Å². The molecule has 0 radical (unpaired) electrons. The number of para-hydroxylation sites is 2. The molecule has 0 fully saturated rings. The zero-order chi connectivity index (χ0) is 21.3. The van der Waals surface area contributed by atoms with E-state index in [2.05, 4.69) is 88.4 Å². The average Bonchev–Trinajstić information content (AvgIpc) is 3.29. The summed E-state index contributed by atoms with van der Waals surface area (Å²) < 4.78 is 12.8. The van der Waals surface area contributed by atoms with Crippen LogP contribution in [0.15, 0.2) is 81.6 Å². The highest BCUT2D eigenvalue weighted by atomic mass is 16.3. The Morgan fingerprint density at radius 2 is 1.32 bits per heavy atom. The summed E-state index contributed by atoms with van der Waals surface area (Å²) in [6.45, 7) is 8.92. The number of rotatable bonds is 1. The fourth-order valence-corrected chi connectivity index (χ4v) is 5.01. The summed E-state index contributed by atoms with van der Waals surface area (Å²) in [6.07, 6.45) is 0. The molecule has 0 unspecified atom stereocenters. The molecule has 0 saturated heterocycles. The molecule has 0 aliphatic rings. The van der Waals surface area contributed by atoms with Gasteiger partial charge in [0.05, 0.1) is 0 Å². The van der Waals surface area contributed by atoms with Crippen LogP contribution in [-0.4, -0.2) is 0 Å². The first kappa shape index (κ1) is 18.3. The van der Waals surface area contributed by atoms with Crippen LogP contribution in [0.25, 0.3) is 55.0 Å². The molecule has 2 heterocycles. The summed E-state index contributed by atoms with van der Waals surface area (Å²) in [6, 6.07) is 25.5. The van der Waals surface area contributed by atoms with Crippen LogP contribution >= 0.6 is 0 Å². The smallest absolute Gasteiger partial charge is 0.143 e. The van der Waals surface area contributed by atoms with Crippen LogP contribution in [0.1, 0.15) is 31.9 Å². The Morgan fingerprint density at radius 1 is 0.613 bits per heavy atom. The SMILES string of the molecule is Cc1ccc2c(oc3c(-c4ccc5c(c4)oc4ccccc45)cccc32)c1C(C)(C)C. The van der Waals surface area contributed by atoms with Crippen LogP contribution in [0, 0.1) is 6.92 Å². The van der Waals surface area contributed by atoms with Crippen molar-refractivity contribution < 1.29 is 8.83 Å². The third kappa shape index (κ3) is 2.64. The van der Waals surface area contributed by atoms with Gasteiger partial charge in [0.2, 0.25) is 0 Å². The highest BCUT2D eigenvalue weighted by molar-refractivity contribution is 6.12. The zero-order valence-corrected chi connectivity index (χ0v) is 18.2. The van der Waals surface area contributed by atoms with Gasteiger partial charge in [-0.15, -0.1) is 0 Å². The number of fused-ring (bicyclic) bond motifs is 6. The maximum absolute atomic E-state index is 6.62. The first-order valence-electron chi connectivity index (χ1n) is 10.8. The van der Waals surface area contributed by atoms with E-state index in [0.717, 1.165) is 49.6 Å². The molecule has 2 nitrogen and oxygen atoms in total. The monoisotopic (exact) mass is 404 g/mol. The Hall–Kier alpha value is -3.52. The van der Waals surface area contributed by atoms with Gasteiger partial charge in [0, 0.05) is 32.7 Å². The van der Waals surface area contributed by atoms with E-state index in [1.54, 1.807) is 0 Å². The molecule has 152 valence electrons. The van der Waals surface area contributed by atoms with Gasteiger partial charge in [0.25, 0.3) is 0 Å². The Balaban J connectivity index is 1.64. The van der Waals surface area contributed by atoms with Crippen LogP contribution in [0.5, 0.6) is 0 Å². The zero-order valence-electron chi connectivity index (χ0n) is 18.2. The highest BCUT2D eigenvalue weighted by Gasteiger charge is 2.24. The van der Waals surface area contributed by atoms with Crippen molar-refractivity contribution >= 4 is 43.9 Å². The second kappa shape index (κ2) is 6.24. The molecular formula is C29H24O2. The lowest BCUT2D eigenvalue weighted by atomic mass is 9.83. The van der Waals surface area contributed by atoms with Crippen molar-refractivity contribution in [2.75, 3.05) is 0 Å². The molecule has 6 aromatic rings. The van der Waals surface area contributed by atoms with E-state index >= 15 is 0 Å².